The molecule has 0 unspecified atom stereocenters. The molecule has 0 saturated carbocycles. The quantitative estimate of drug-likeness (QED) is 0.615. The number of hydrazone groups is 1. The fraction of sp³-hybridized carbons (Fsp3) is 0.154. The van der Waals surface area contributed by atoms with Crippen molar-refractivity contribution in [2.75, 3.05) is 5.32 Å². The van der Waals surface area contributed by atoms with Crippen molar-refractivity contribution in [3.63, 3.8) is 0 Å². The molecule has 6 heteroatoms. The molecule has 154 valence electrons. The van der Waals surface area contributed by atoms with Gasteiger partial charge < -0.3 is 5.32 Å². The number of nitrogens with one attached hydrogen (secondary N) is 1. The van der Waals surface area contributed by atoms with Crippen LogP contribution in [0.3, 0.4) is 0 Å². The van der Waals surface area contributed by atoms with Gasteiger partial charge in [0, 0.05) is 17.4 Å². The van der Waals surface area contributed by atoms with Gasteiger partial charge in [0.15, 0.2) is 5.71 Å². The number of para-hydroxylation sites is 1. The zero-order valence-electron chi connectivity index (χ0n) is 16.9. The Morgan fingerprint density at radius 3 is 1.66 bits per heavy atom. The normalized spacial score (nSPS) is 27.8. The first kappa shape index (κ1) is 17.6. The molecule has 8 rings (SSSR count). The number of imide groups is 1. The lowest BCUT2D eigenvalue weighted by Gasteiger charge is -2.45. The van der Waals surface area contributed by atoms with Gasteiger partial charge in [-0.25, -0.2) is 0 Å². The summed E-state index contributed by atoms with van der Waals surface area (Å²) in [4.78, 5) is 39.8. The second-order valence-electron chi connectivity index (χ2n) is 8.70. The van der Waals surface area contributed by atoms with Gasteiger partial charge in [-0.15, -0.1) is 0 Å². The van der Waals surface area contributed by atoms with Gasteiger partial charge >= 0.3 is 0 Å². The van der Waals surface area contributed by atoms with E-state index in [4.69, 9.17) is 0 Å². The number of benzene rings is 3. The Balaban J connectivity index is 1.39. The molecule has 0 spiro atoms. The fourth-order valence-corrected chi connectivity index (χ4v) is 6.06. The molecule has 1 N–H and O–H groups in total. The molecular formula is C26H17N3O3. The van der Waals surface area contributed by atoms with E-state index in [2.05, 4.69) is 34.7 Å². The molecule has 2 aliphatic heterocycles. The van der Waals surface area contributed by atoms with Crippen LogP contribution >= 0.6 is 0 Å². The van der Waals surface area contributed by atoms with Crippen LogP contribution in [0, 0.1) is 11.8 Å². The Morgan fingerprint density at radius 1 is 0.656 bits per heavy atom. The zero-order chi connectivity index (χ0) is 21.6. The molecule has 2 bridgehead atoms. The first-order valence-electron chi connectivity index (χ1n) is 10.7. The van der Waals surface area contributed by atoms with Crippen molar-refractivity contribution in [1.29, 1.82) is 0 Å². The third-order valence-electron chi connectivity index (χ3n) is 7.27. The molecule has 6 nitrogen and oxygen atoms in total. The maximum absolute atomic E-state index is 13.6. The van der Waals surface area contributed by atoms with Gasteiger partial charge in [0.05, 0.1) is 17.5 Å². The minimum Gasteiger partial charge on any atom is -0.320 e. The number of anilines is 1. The molecule has 0 radical (unpaired) electrons. The average Bonchev–Trinajstić information content (AvgIpc) is 3.28. The van der Waals surface area contributed by atoms with Crippen molar-refractivity contribution >= 4 is 29.1 Å². The van der Waals surface area contributed by atoms with Crippen LogP contribution in [0.2, 0.25) is 0 Å². The van der Waals surface area contributed by atoms with E-state index in [-0.39, 0.29) is 29.4 Å². The Morgan fingerprint density at radius 2 is 1.12 bits per heavy atom. The van der Waals surface area contributed by atoms with Crippen LogP contribution in [-0.4, -0.2) is 28.4 Å². The standard InChI is InChI=1S/C26H17N3O3/c30-24-23(17-11-5-6-12-18(17)27-24)28-29-25(31)21-19-13-7-1-2-8-14(13)20(22(21)26(29)32)16-10-4-3-9-15(16)19/h1-12,19-22H,(H,27,28,30)/t19?,20?,21-,22+. The first-order chi connectivity index (χ1) is 15.6. The van der Waals surface area contributed by atoms with E-state index >= 15 is 0 Å². The number of hydrogen-bond donors (Lipinski definition) is 1. The largest absolute Gasteiger partial charge is 0.320 e. The molecule has 3 aromatic carbocycles. The number of rotatable bonds is 1. The highest BCUT2D eigenvalue weighted by Crippen LogP contribution is 2.61. The summed E-state index contributed by atoms with van der Waals surface area (Å²) in [5, 5.41) is 8.06. The SMILES string of the molecule is O=C1Nc2ccccc2/C1=N/N1C(=O)[C@@H]2C3c4ccccc4C(c4ccccc43)[C@@H]2C1=O. The van der Waals surface area contributed by atoms with Gasteiger partial charge in [0.1, 0.15) is 0 Å². The second kappa shape index (κ2) is 6.01. The molecule has 0 aromatic heterocycles. The van der Waals surface area contributed by atoms with Gasteiger partial charge in [-0.05, 0) is 28.3 Å². The Labute approximate surface area is 183 Å². The van der Waals surface area contributed by atoms with E-state index < -0.39 is 17.7 Å². The molecule has 3 aromatic rings. The first-order valence-corrected chi connectivity index (χ1v) is 10.7. The smallest absolute Gasteiger partial charge is 0.276 e. The van der Waals surface area contributed by atoms with E-state index in [1.54, 1.807) is 18.2 Å². The van der Waals surface area contributed by atoms with E-state index in [1.807, 2.05) is 30.3 Å². The summed E-state index contributed by atoms with van der Waals surface area (Å²) >= 11 is 0. The maximum atomic E-state index is 13.6. The predicted molar refractivity (Wildman–Crippen MR) is 117 cm³/mol. The number of carbonyl (C=O) groups excluding carboxylic acids is 3. The maximum Gasteiger partial charge on any atom is 0.276 e. The van der Waals surface area contributed by atoms with Crippen molar-refractivity contribution < 1.29 is 14.4 Å². The third-order valence-corrected chi connectivity index (χ3v) is 7.27. The molecule has 3 amide bonds. The number of fused-ring (bicyclic) bond motifs is 1. The van der Waals surface area contributed by atoms with Crippen molar-refractivity contribution in [3.05, 3.63) is 101 Å². The molecule has 3 aliphatic carbocycles. The molecule has 1 fully saturated rings. The fourth-order valence-electron chi connectivity index (χ4n) is 6.06. The third kappa shape index (κ3) is 2.04. The summed E-state index contributed by atoms with van der Waals surface area (Å²) in [6.45, 7) is 0. The zero-order valence-corrected chi connectivity index (χ0v) is 16.9. The molecule has 32 heavy (non-hydrogen) atoms. The lowest BCUT2D eigenvalue weighted by Crippen LogP contribution is -2.41. The summed E-state index contributed by atoms with van der Waals surface area (Å²) in [6.07, 6.45) is 0. The van der Waals surface area contributed by atoms with Crippen LogP contribution in [-0.2, 0) is 14.4 Å². The number of nitrogens with zero attached hydrogens (tertiary/aromatic N) is 2. The van der Waals surface area contributed by atoms with Crippen molar-refractivity contribution in [1.82, 2.24) is 5.01 Å². The van der Waals surface area contributed by atoms with Crippen LogP contribution < -0.4 is 5.32 Å². The molecule has 2 atom stereocenters. The summed E-state index contributed by atoms with van der Waals surface area (Å²) in [5.41, 5.74) is 5.77. The van der Waals surface area contributed by atoms with Crippen LogP contribution in [0.5, 0.6) is 0 Å². The Kier molecular flexibility index (Phi) is 3.30. The highest BCUT2D eigenvalue weighted by atomic mass is 16.2. The summed E-state index contributed by atoms with van der Waals surface area (Å²) < 4.78 is 0. The van der Waals surface area contributed by atoms with Gasteiger partial charge in [-0.3, -0.25) is 14.4 Å². The summed E-state index contributed by atoms with van der Waals surface area (Å²) in [6, 6.07) is 23.3. The Bertz CT molecular complexity index is 1290. The molecule has 1 saturated heterocycles. The van der Waals surface area contributed by atoms with Gasteiger partial charge in [-0.2, -0.15) is 10.1 Å². The van der Waals surface area contributed by atoms with E-state index in [1.165, 1.54) is 0 Å². The van der Waals surface area contributed by atoms with Gasteiger partial charge in [0.25, 0.3) is 17.7 Å². The molecular weight excluding hydrogens is 402 g/mol. The summed E-state index contributed by atoms with van der Waals surface area (Å²) in [5.74, 6) is -2.47. The number of hydrogen-bond acceptors (Lipinski definition) is 4. The van der Waals surface area contributed by atoms with E-state index in [0.29, 0.717) is 11.3 Å². The van der Waals surface area contributed by atoms with Crippen LogP contribution in [0.1, 0.15) is 39.7 Å². The molecule has 2 heterocycles. The predicted octanol–water partition coefficient (Wildman–Crippen LogP) is 3.24. The monoisotopic (exact) mass is 419 g/mol. The highest BCUT2D eigenvalue weighted by molar-refractivity contribution is 6.54. The summed E-state index contributed by atoms with van der Waals surface area (Å²) in [7, 11) is 0. The van der Waals surface area contributed by atoms with Gasteiger partial charge in [-0.1, -0.05) is 66.7 Å². The topological polar surface area (TPSA) is 78.8 Å². The van der Waals surface area contributed by atoms with Gasteiger partial charge in [0.2, 0.25) is 0 Å². The minimum absolute atomic E-state index is 0.100. The van der Waals surface area contributed by atoms with E-state index in [0.717, 1.165) is 27.3 Å². The van der Waals surface area contributed by atoms with E-state index in [9.17, 15) is 14.4 Å². The van der Waals surface area contributed by atoms with Crippen molar-refractivity contribution in [3.8, 4) is 0 Å². The number of carbonyl (C=O) groups is 3. The second-order valence-corrected chi connectivity index (χ2v) is 8.70. The van der Waals surface area contributed by atoms with Crippen LogP contribution in [0.15, 0.2) is 77.9 Å². The van der Waals surface area contributed by atoms with Crippen LogP contribution in [0.25, 0.3) is 0 Å². The van der Waals surface area contributed by atoms with Crippen molar-refractivity contribution in [2.24, 2.45) is 16.9 Å². The van der Waals surface area contributed by atoms with Crippen LogP contribution in [0.4, 0.5) is 5.69 Å². The average molecular weight is 419 g/mol. The Hall–Kier alpha value is -4.06. The minimum atomic E-state index is -0.513. The lowest BCUT2D eigenvalue weighted by atomic mass is 9.55. The highest BCUT2D eigenvalue weighted by Gasteiger charge is 2.62. The van der Waals surface area contributed by atoms with Crippen molar-refractivity contribution in [2.45, 2.75) is 11.8 Å². The molecule has 5 aliphatic rings. The lowest BCUT2D eigenvalue weighted by molar-refractivity contribution is -0.139. The number of amides is 3.